The molecule has 0 spiro atoms. The average Bonchev–Trinajstić information content (AvgIpc) is 3.02. The summed E-state index contributed by atoms with van der Waals surface area (Å²) in [6.07, 6.45) is -3.18. The van der Waals surface area contributed by atoms with Gasteiger partial charge in [-0.25, -0.2) is 9.59 Å². The van der Waals surface area contributed by atoms with Crippen LogP contribution in [0.2, 0.25) is 0 Å². The second-order valence-electron chi connectivity index (χ2n) is 12.2. The third kappa shape index (κ3) is 8.76. The van der Waals surface area contributed by atoms with Crippen LogP contribution in [-0.2, 0) is 38.2 Å². The van der Waals surface area contributed by atoms with E-state index in [2.05, 4.69) is 4.90 Å². The van der Waals surface area contributed by atoms with Crippen molar-refractivity contribution in [1.82, 2.24) is 9.80 Å². The maximum absolute atomic E-state index is 13.6. The first-order valence-corrected chi connectivity index (χ1v) is 14.9. The molecule has 4 rings (SSSR count). The fraction of sp³-hybridized carbons (Fsp3) is 0.471. The van der Waals surface area contributed by atoms with Crippen LogP contribution >= 0.6 is 24.8 Å². The first-order valence-electron chi connectivity index (χ1n) is 14.9. The zero-order valence-corrected chi connectivity index (χ0v) is 29.8. The summed E-state index contributed by atoms with van der Waals surface area (Å²) in [7, 11) is 7.41. The van der Waals surface area contributed by atoms with E-state index in [4.69, 9.17) is 24.7 Å². The molecule has 2 heterocycles. The summed E-state index contributed by atoms with van der Waals surface area (Å²) in [6.45, 7) is 5.55. The van der Waals surface area contributed by atoms with Crippen LogP contribution in [0.15, 0.2) is 58.9 Å². The van der Waals surface area contributed by atoms with Gasteiger partial charge in [-0.3, -0.25) is 4.90 Å². The van der Waals surface area contributed by atoms with Crippen LogP contribution in [0.5, 0.6) is 11.5 Å². The van der Waals surface area contributed by atoms with Gasteiger partial charge in [0.05, 0.1) is 51.1 Å². The Morgan fingerprint density at radius 1 is 0.875 bits per heavy atom. The normalized spacial score (nSPS) is 16.8. The maximum atomic E-state index is 13.6. The number of rotatable bonds is 10. The lowest BCUT2D eigenvalue weighted by Crippen LogP contribution is -2.41. The molecule has 9 nitrogen and oxygen atoms in total. The third-order valence-corrected chi connectivity index (χ3v) is 8.48. The summed E-state index contributed by atoms with van der Waals surface area (Å²) in [5.41, 5.74) is 8.81. The predicted octanol–water partition coefficient (Wildman–Crippen LogP) is 6.03. The number of carbonyl (C=O) groups is 2. The monoisotopic (exact) mass is 717 g/mol. The van der Waals surface area contributed by atoms with E-state index in [1.54, 1.807) is 26.2 Å². The Balaban J connectivity index is 0.00000400. The van der Waals surface area contributed by atoms with Gasteiger partial charge in [0.25, 0.3) is 0 Å². The zero-order valence-electron chi connectivity index (χ0n) is 28.2. The fourth-order valence-corrected chi connectivity index (χ4v) is 6.24. The van der Waals surface area contributed by atoms with Crippen molar-refractivity contribution < 1.29 is 41.7 Å². The number of nitrogens with zero attached hydrogens (tertiary/aromatic N) is 2. The lowest BCUT2D eigenvalue weighted by Gasteiger charge is -2.40. The fourth-order valence-electron chi connectivity index (χ4n) is 6.24. The Morgan fingerprint density at radius 3 is 1.88 bits per heavy atom. The van der Waals surface area contributed by atoms with E-state index in [1.807, 2.05) is 26.0 Å². The number of carbonyl (C=O) groups excluding carboxylic acids is 2. The summed E-state index contributed by atoms with van der Waals surface area (Å²) in [4.78, 5) is 31.1. The highest BCUT2D eigenvalue weighted by atomic mass is 35.5. The van der Waals surface area contributed by atoms with Crippen molar-refractivity contribution in [1.29, 1.82) is 0 Å². The van der Waals surface area contributed by atoms with E-state index in [1.165, 1.54) is 31.9 Å². The van der Waals surface area contributed by atoms with E-state index in [0.717, 1.165) is 30.7 Å². The summed E-state index contributed by atoms with van der Waals surface area (Å²) >= 11 is 0. The minimum absolute atomic E-state index is 0. The Labute approximate surface area is 292 Å². The van der Waals surface area contributed by atoms with Gasteiger partial charge in [0, 0.05) is 56.5 Å². The number of ether oxygens (including phenoxy) is 4. The first-order chi connectivity index (χ1) is 21.6. The van der Waals surface area contributed by atoms with Gasteiger partial charge in [-0.1, -0.05) is 12.1 Å². The van der Waals surface area contributed by atoms with Gasteiger partial charge in [-0.15, -0.1) is 24.8 Å². The van der Waals surface area contributed by atoms with Crippen molar-refractivity contribution in [2.24, 2.45) is 5.73 Å². The highest BCUT2D eigenvalue weighted by Gasteiger charge is 2.43. The highest BCUT2D eigenvalue weighted by Crippen LogP contribution is 2.46. The van der Waals surface area contributed by atoms with Crippen LogP contribution < -0.4 is 15.2 Å². The molecule has 2 aromatic rings. The minimum atomic E-state index is -4.56. The van der Waals surface area contributed by atoms with E-state index < -0.39 is 35.1 Å². The van der Waals surface area contributed by atoms with Crippen LogP contribution in [0.25, 0.3) is 0 Å². The number of fused-ring (bicyclic) bond motifs is 1. The van der Waals surface area contributed by atoms with Crippen LogP contribution in [0.4, 0.5) is 13.2 Å². The molecule has 0 bridgehead atoms. The molecule has 1 unspecified atom stereocenters. The highest BCUT2D eigenvalue weighted by molar-refractivity contribution is 6.00. The van der Waals surface area contributed by atoms with E-state index in [9.17, 15) is 22.8 Å². The molecule has 0 aliphatic carbocycles. The molecule has 2 aliphatic rings. The molecule has 266 valence electrons. The van der Waals surface area contributed by atoms with Gasteiger partial charge in [0.1, 0.15) is 0 Å². The van der Waals surface area contributed by atoms with Crippen molar-refractivity contribution >= 4 is 36.8 Å². The molecular weight excluding hydrogens is 674 g/mol. The Morgan fingerprint density at radius 2 is 1.40 bits per heavy atom. The van der Waals surface area contributed by atoms with Crippen molar-refractivity contribution in [2.75, 3.05) is 48.6 Å². The van der Waals surface area contributed by atoms with Gasteiger partial charge in [-0.2, -0.15) is 13.2 Å². The minimum Gasteiger partial charge on any atom is -0.493 e. The zero-order chi connectivity index (χ0) is 34.0. The van der Waals surface area contributed by atoms with Crippen molar-refractivity contribution in [2.45, 2.75) is 57.3 Å². The number of halogens is 5. The van der Waals surface area contributed by atoms with Gasteiger partial charge >= 0.3 is 18.1 Å². The average molecular weight is 719 g/mol. The van der Waals surface area contributed by atoms with Crippen molar-refractivity contribution in [3.05, 3.63) is 81.2 Å². The topological polar surface area (TPSA) is 104 Å². The lowest BCUT2D eigenvalue weighted by molar-refractivity contribution is -0.139. The standard InChI is InChI=1S/C34H42F3N3O6.2ClH/c1-33(2,38)18-25-30(32(42)46-7)28(20-8-10-23(11-9-20)34(35,36)37)29(31(41)45-6)24(39(25)3)13-15-40-14-12-21-16-26(43-4)27(44-5)17-22(21)19-40;;/h8-11,16-17,28H,12-15,18-19,38H2,1-7H3;2*1H. The largest absolute Gasteiger partial charge is 0.493 e. The third-order valence-electron chi connectivity index (χ3n) is 8.48. The number of nitrogens with two attached hydrogens (primary N) is 1. The lowest BCUT2D eigenvalue weighted by atomic mass is 9.77. The molecule has 2 N–H and O–H groups in total. The van der Waals surface area contributed by atoms with E-state index in [0.29, 0.717) is 48.0 Å². The SMILES string of the molecule is COC(=O)C1=C(CCN2CCc3cc(OC)c(OC)cc3C2)N(C)C(CC(C)(C)N)=C(C(=O)OC)C1c1ccc(C(F)(F)F)cc1.Cl.Cl. The molecule has 0 amide bonds. The first kappa shape index (κ1) is 40.7. The van der Waals surface area contributed by atoms with Crippen LogP contribution in [-0.4, -0.2) is 75.9 Å². The summed E-state index contributed by atoms with van der Waals surface area (Å²) in [6, 6.07) is 8.43. The van der Waals surface area contributed by atoms with Crippen LogP contribution in [0.3, 0.4) is 0 Å². The molecule has 1 atom stereocenters. The molecule has 0 saturated carbocycles. The number of methoxy groups -OCH3 is 4. The molecule has 0 aromatic heterocycles. The van der Waals surface area contributed by atoms with Gasteiger partial charge < -0.3 is 29.6 Å². The maximum Gasteiger partial charge on any atom is 0.416 e. The number of hydrogen-bond donors (Lipinski definition) is 1. The molecule has 14 heteroatoms. The van der Waals surface area contributed by atoms with Crippen LogP contribution in [0.1, 0.15) is 54.9 Å². The molecular formula is C34H44Cl2F3N3O6. The van der Waals surface area contributed by atoms with E-state index in [-0.39, 0.29) is 42.4 Å². The summed E-state index contributed by atoms with van der Waals surface area (Å²) in [5.74, 6) is -1.15. The Kier molecular flexibility index (Phi) is 13.8. The van der Waals surface area contributed by atoms with Gasteiger partial charge in [0.2, 0.25) is 0 Å². The molecule has 0 saturated heterocycles. The predicted molar refractivity (Wildman–Crippen MR) is 181 cm³/mol. The van der Waals surface area contributed by atoms with Crippen molar-refractivity contribution in [3.63, 3.8) is 0 Å². The summed E-state index contributed by atoms with van der Waals surface area (Å²) < 4.78 is 61.9. The van der Waals surface area contributed by atoms with Crippen molar-refractivity contribution in [3.8, 4) is 11.5 Å². The second kappa shape index (κ2) is 16.3. The van der Waals surface area contributed by atoms with Gasteiger partial charge in [0.15, 0.2) is 11.5 Å². The van der Waals surface area contributed by atoms with Crippen LogP contribution in [0, 0.1) is 0 Å². The second-order valence-corrected chi connectivity index (χ2v) is 12.2. The number of alkyl halides is 3. The quantitative estimate of drug-likeness (QED) is 0.296. The number of esters is 2. The molecule has 2 aliphatic heterocycles. The Bertz CT molecular complexity index is 1540. The number of hydrogen-bond acceptors (Lipinski definition) is 9. The van der Waals surface area contributed by atoms with E-state index >= 15 is 0 Å². The molecule has 0 fully saturated rings. The smallest absolute Gasteiger partial charge is 0.416 e. The number of benzene rings is 2. The summed E-state index contributed by atoms with van der Waals surface area (Å²) in [5, 5.41) is 0. The molecule has 48 heavy (non-hydrogen) atoms. The molecule has 2 aromatic carbocycles. The van der Waals surface area contributed by atoms with Gasteiger partial charge in [-0.05, 0) is 61.2 Å². The molecule has 0 radical (unpaired) electrons. The Hall–Kier alpha value is -3.45.